The first kappa shape index (κ1) is 13.1. The third kappa shape index (κ3) is 2.69. The summed E-state index contributed by atoms with van der Waals surface area (Å²) in [6.45, 7) is 4.76. The maximum absolute atomic E-state index is 12.1. The average molecular weight is 275 g/mol. The number of rotatable bonds is 3. The van der Waals surface area contributed by atoms with E-state index in [9.17, 15) is 4.79 Å². The van der Waals surface area contributed by atoms with Crippen LogP contribution in [0.25, 0.3) is 11.0 Å². The second kappa shape index (κ2) is 5.64. The molecule has 2 aromatic rings. The lowest BCUT2D eigenvalue weighted by atomic mass is 10.2. The van der Waals surface area contributed by atoms with Crippen LogP contribution in [0.3, 0.4) is 0 Å². The SMILES string of the molecule is CC(OC(=O)c1cc2ccccc2o1)N1CCOCC1. The van der Waals surface area contributed by atoms with Crippen molar-refractivity contribution in [2.45, 2.75) is 13.2 Å². The van der Waals surface area contributed by atoms with Crippen LogP contribution in [0.4, 0.5) is 0 Å². The summed E-state index contributed by atoms with van der Waals surface area (Å²) in [5, 5.41) is 0.901. The van der Waals surface area contributed by atoms with Crippen LogP contribution >= 0.6 is 0 Å². The van der Waals surface area contributed by atoms with E-state index >= 15 is 0 Å². The summed E-state index contributed by atoms with van der Waals surface area (Å²) in [7, 11) is 0. The Morgan fingerprint density at radius 2 is 2.05 bits per heavy atom. The monoisotopic (exact) mass is 275 g/mol. The van der Waals surface area contributed by atoms with E-state index in [1.165, 1.54) is 0 Å². The van der Waals surface area contributed by atoms with Crippen molar-refractivity contribution in [2.75, 3.05) is 26.3 Å². The van der Waals surface area contributed by atoms with Gasteiger partial charge in [-0.25, -0.2) is 4.79 Å². The van der Waals surface area contributed by atoms with Gasteiger partial charge >= 0.3 is 5.97 Å². The molecule has 2 heterocycles. The standard InChI is InChI=1S/C15H17NO4/c1-11(16-6-8-18-9-7-16)19-15(17)14-10-12-4-2-3-5-13(12)20-14/h2-5,10-11H,6-9H2,1H3. The molecular weight excluding hydrogens is 258 g/mol. The van der Waals surface area contributed by atoms with Gasteiger partial charge in [0.25, 0.3) is 0 Å². The maximum atomic E-state index is 12.1. The molecule has 1 aliphatic rings. The maximum Gasteiger partial charge on any atom is 0.375 e. The van der Waals surface area contributed by atoms with E-state index in [1.54, 1.807) is 6.07 Å². The topological polar surface area (TPSA) is 51.9 Å². The van der Waals surface area contributed by atoms with Crippen molar-refractivity contribution in [2.24, 2.45) is 0 Å². The van der Waals surface area contributed by atoms with Crippen LogP contribution in [0.15, 0.2) is 34.7 Å². The first-order valence-corrected chi connectivity index (χ1v) is 6.75. The Hall–Kier alpha value is -1.85. The average Bonchev–Trinajstić information content (AvgIpc) is 2.92. The van der Waals surface area contributed by atoms with Crippen LogP contribution in [0, 0.1) is 0 Å². The summed E-state index contributed by atoms with van der Waals surface area (Å²) in [5.74, 6) is -0.188. The summed E-state index contributed by atoms with van der Waals surface area (Å²) >= 11 is 0. The second-order valence-corrected chi connectivity index (χ2v) is 4.80. The van der Waals surface area contributed by atoms with Gasteiger partial charge in [-0.2, -0.15) is 0 Å². The zero-order chi connectivity index (χ0) is 13.9. The van der Waals surface area contributed by atoms with Crippen molar-refractivity contribution in [1.29, 1.82) is 0 Å². The molecule has 1 aromatic heterocycles. The molecule has 20 heavy (non-hydrogen) atoms. The highest BCUT2D eigenvalue weighted by Gasteiger charge is 2.22. The number of ether oxygens (including phenoxy) is 2. The third-order valence-electron chi connectivity index (χ3n) is 3.46. The largest absolute Gasteiger partial charge is 0.449 e. The Balaban J connectivity index is 1.68. The normalized spacial score (nSPS) is 18.1. The first-order chi connectivity index (χ1) is 9.74. The minimum Gasteiger partial charge on any atom is -0.449 e. The molecule has 1 atom stereocenters. The zero-order valence-electron chi connectivity index (χ0n) is 11.4. The molecule has 0 aliphatic carbocycles. The van der Waals surface area contributed by atoms with Crippen molar-refractivity contribution in [3.63, 3.8) is 0 Å². The fourth-order valence-corrected chi connectivity index (χ4v) is 2.31. The number of esters is 1. The molecule has 5 heteroatoms. The minimum atomic E-state index is -0.430. The van der Waals surface area contributed by atoms with Crippen LogP contribution in [-0.4, -0.2) is 43.4 Å². The summed E-state index contributed by atoms with van der Waals surface area (Å²) in [6.07, 6.45) is -0.278. The van der Waals surface area contributed by atoms with Crippen molar-refractivity contribution in [3.05, 3.63) is 36.1 Å². The molecule has 0 N–H and O–H groups in total. The van der Waals surface area contributed by atoms with E-state index in [1.807, 2.05) is 31.2 Å². The smallest absolute Gasteiger partial charge is 0.375 e. The quantitative estimate of drug-likeness (QED) is 0.804. The number of nitrogens with zero attached hydrogens (tertiary/aromatic N) is 1. The number of hydrogen-bond acceptors (Lipinski definition) is 5. The van der Waals surface area contributed by atoms with E-state index in [0.29, 0.717) is 18.8 Å². The molecule has 1 unspecified atom stereocenters. The fraction of sp³-hybridized carbons (Fsp3) is 0.400. The number of carbonyl (C=O) groups is 1. The highest BCUT2D eigenvalue weighted by molar-refractivity contribution is 5.92. The highest BCUT2D eigenvalue weighted by Crippen LogP contribution is 2.20. The molecule has 1 aliphatic heterocycles. The van der Waals surface area contributed by atoms with Gasteiger partial charge in [0, 0.05) is 18.5 Å². The number of furan rings is 1. The van der Waals surface area contributed by atoms with Crippen LogP contribution in [-0.2, 0) is 9.47 Å². The van der Waals surface area contributed by atoms with Crippen LogP contribution < -0.4 is 0 Å². The van der Waals surface area contributed by atoms with Crippen LogP contribution in [0.5, 0.6) is 0 Å². The van der Waals surface area contributed by atoms with Gasteiger partial charge in [0.1, 0.15) is 5.58 Å². The summed E-state index contributed by atoms with van der Waals surface area (Å²) in [6, 6.07) is 9.23. The van der Waals surface area contributed by atoms with Gasteiger partial charge in [-0.15, -0.1) is 0 Å². The second-order valence-electron chi connectivity index (χ2n) is 4.80. The lowest BCUT2D eigenvalue weighted by Crippen LogP contribution is -2.44. The Labute approximate surface area is 117 Å². The lowest BCUT2D eigenvalue weighted by molar-refractivity contribution is -0.0648. The van der Waals surface area contributed by atoms with Crippen molar-refractivity contribution in [1.82, 2.24) is 4.90 Å². The Kier molecular flexibility index (Phi) is 3.71. The molecule has 1 aromatic carbocycles. The lowest BCUT2D eigenvalue weighted by Gasteiger charge is -2.31. The van der Waals surface area contributed by atoms with E-state index < -0.39 is 5.97 Å². The van der Waals surface area contributed by atoms with Gasteiger partial charge in [-0.05, 0) is 19.1 Å². The van der Waals surface area contributed by atoms with Crippen molar-refractivity contribution < 1.29 is 18.7 Å². The van der Waals surface area contributed by atoms with Crippen molar-refractivity contribution in [3.8, 4) is 0 Å². The number of para-hydroxylation sites is 1. The predicted octanol–water partition coefficient (Wildman–Crippen LogP) is 2.27. The van der Waals surface area contributed by atoms with Gasteiger partial charge in [0.05, 0.1) is 13.2 Å². The van der Waals surface area contributed by atoms with Crippen molar-refractivity contribution >= 4 is 16.9 Å². The Morgan fingerprint density at radius 1 is 1.30 bits per heavy atom. The molecule has 3 rings (SSSR count). The van der Waals surface area contributed by atoms with E-state index in [-0.39, 0.29) is 12.0 Å². The van der Waals surface area contributed by atoms with Gasteiger partial charge in [-0.1, -0.05) is 18.2 Å². The van der Waals surface area contributed by atoms with Crippen LogP contribution in [0.2, 0.25) is 0 Å². The first-order valence-electron chi connectivity index (χ1n) is 6.75. The van der Waals surface area contributed by atoms with Gasteiger partial charge in [-0.3, -0.25) is 4.90 Å². The molecule has 0 saturated carbocycles. The molecule has 0 bridgehead atoms. The Morgan fingerprint density at radius 3 is 2.80 bits per heavy atom. The summed E-state index contributed by atoms with van der Waals surface area (Å²) < 4.78 is 16.2. The zero-order valence-corrected chi connectivity index (χ0v) is 11.4. The molecule has 5 nitrogen and oxygen atoms in total. The predicted molar refractivity (Wildman–Crippen MR) is 73.5 cm³/mol. The van der Waals surface area contributed by atoms with E-state index in [4.69, 9.17) is 13.9 Å². The number of benzene rings is 1. The van der Waals surface area contributed by atoms with E-state index in [2.05, 4.69) is 4.90 Å². The Bertz CT molecular complexity index is 568. The molecule has 1 fully saturated rings. The molecule has 106 valence electrons. The van der Waals surface area contributed by atoms with Gasteiger partial charge in [0.15, 0.2) is 6.23 Å². The highest BCUT2D eigenvalue weighted by atomic mass is 16.6. The third-order valence-corrected chi connectivity index (χ3v) is 3.46. The number of hydrogen-bond donors (Lipinski definition) is 0. The summed E-state index contributed by atoms with van der Waals surface area (Å²) in [5.41, 5.74) is 0.693. The molecule has 0 spiro atoms. The molecule has 0 amide bonds. The van der Waals surface area contributed by atoms with Gasteiger partial charge in [0.2, 0.25) is 5.76 Å². The molecule has 1 saturated heterocycles. The van der Waals surface area contributed by atoms with E-state index in [0.717, 1.165) is 18.5 Å². The van der Waals surface area contributed by atoms with Gasteiger partial charge < -0.3 is 13.9 Å². The number of fused-ring (bicyclic) bond motifs is 1. The minimum absolute atomic E-state index is 0.242. The van der Waals surface area contributed by atoms with Crippen LogP contribution in [0.1, 0.15) is 17.5 Å². The molecular formula is C15H17NO4. The fourth-order valence-electron chi connectivity index (χ4n) is 2.31. The molecule has 0 radical (unpaired) electrons. The number of carbonyl (C=O) groups excluding carboxylic acids is 1. The summed E-state index contributed by atoms with van der Waals surface area (Å²) in [4.78, 5) is 14.2. The number of morpholine rings is 1.